The molecule has 0 heterocycles. The Labute approximate surface area is 150 Å². The predicted molar refractivity (Wildman–Crippen MR) is 100 cm³/mol. The number of rotatable bonds is 6. The van der Waals surface area contributed by atoms with Crippen LogP contribution in [-0.2, 0) is 15.6 Å². The minimum absolute atomic E-state index is 0.0733. The van der Waals surface area contributed by atoms with Crippen LogP contribution >= 0.6 is 0 Å². The molecule has 0 spiro atoms. The van der Waals surface area contributed by atoms with Crippen LogP contribution in [0.15, 0.2) is 59.5 Å². The third kappa shape index (κ3) is 4.69. The van der Waals surface area contributed by atoms with Crippen molar-refractivity contribution in [1.82, 2.24) is 4.90 Å². The fourth-order valence-electron chi connectivity index (χ4n) is 2.94. The van der Waals surface area contributed by atoms with Gasteiger partial charge in [-0.3, -0.25) is 4.79 Å². The van der Waals surface area contributed by atoms with E-state index in [1.165, 1.54) is 0 Å². The molecule has 0 saturated heterocycles. The van der Waals surface area contributed by atoms with Crippen LogP contribution in [0.25, 0.3) is 0 Å². The smallest absolute Gasteiger partial charge is 0.254 e. The molecule has 0 bridgehead atoms. The molecule has 0 saturated carbocycles. The Morgan fingerprint density at radius 2 is 1.52 bits per heavy atom. The van der Waals surface area contributed by atoms with Crippen molar-refractivity contribution in [2.75, 3.05) is 0 Å². The summed E-state index contributed by atoms with van der Waals surface area (Å²) in [5.41, 5.74) is 1.13. The van der Waals surface area contributed by atoms with Crippen molar-refractivity contribution < 1.29 is 13.2 Å². The van der Waals surface area contributed by atoms with E-state index in [0.29, 0.717) is 11.1 Å². The molecule has 0 unspecified atom stereocenters. The van der Waals surface area contributed by atoms with Gasteiger partial charge in [-0.2, -0.15) is 0 Å². The maximum Gasteiger partial charge on any atom is 0.254 e. The highest BCUT2D eigenvalue weighted by Gasteiger charge is 2.22. The lowest BCUT2D eigenvalue weighted by atomic mass is 10.1. The molecule has 0 N–H and O–H groups in total. The summed E-state index contributed by atoms with van der Waals surface area (Å²) in [6.07, 6.45) is 0. The third-order valence-corrected chi connectivity index (χ3v) is 5.68. The average molecular weight is 359 g/mol. The van der Waals surface area contributed by atoms with Gasteiger partial charge in [0.25, 0.3) is 5.91 Å². The van der Waals surface area contributed by atoms with Gasteiger partial charge >= 0.3 is 0 Å². The van der Waals surface area contributed by atoms with Crippen LogP contribution in [0.2, 0.25) is 0 Å². The van der Waals surface area contributed by atoms with Gasteiger partial charge in [-0.25, -0.2) is 8.42 Å². The second-order valence-corrected chi connectivity index (χ2v) is 8.66. The van der Waals surface area contributed by atoms with Crippen molar-refractivity contribution in [2.45, 2.75) is 50.4 Å². The van der Waals surface area contributed by atoms with Crippen LogP contribution in [0.5, 0.6) is 0 Å². The summed E-state index contributed by atoms with van der Waals surface area (Å²) in [5.74, 6) is -0.203. The Hall–Kier alpha value is -2.14. The lowest BCUT2D eigenvalue weighted by Crippen LogP contribution is -2.42. The zero-order valence-corrected chi connectivity index (χ0v) is 16.0. The second kappa shape index (κ2) is 7.83. The second-order valence-electron chi connectivity index (χ2n) is 6.67. The predicted octanol–water partition coefficient (Wildman–Crippen LogP) is 3.92. The van der Waals surface area contributed by atoms with Gasteiger partial charge in [-0.15, -0.1) is 0 Å². The molecule has 0 aliphatic heterocycles. The molecule has 0 aromatic heterocycles. The SMILES string of the molecule is CC(C)N(C(=O)c1cccc(CS(=O)(=O)c2ccccc2)c1)C(C)C. The molecule has 5 heteroatoms. The van der Waals surface area contributed by atoms with Crippen LogP contribution in [-0.4, -0.2) is 31.3 Å². The van der Waals surface area contributed by atoms with Crippen molar-refractivity contribution in [3.63, 3.8) is 0 Å². The highest BCUT2D eigenvalue weighted by atomic mass is 32.2. The number of hydrogen-bond donors (Lipinski definition) is 0. The highest BCUT2D eigenvalue weighted by molar-refractivity contribution is 7.90. The van der Waals surface area contributed by atoms with Gasteiger partial charge in [0, 0.05) is 17.6 Å². The van der Waals surface area contributed by atoms with Gasteiger partial charge in [-0.1, -0.05) is 30.3 Å². The van der Waals surface area contributed by atoms with Crippen LogP contribution in [0, 0.1) is 0 Å². The topological polar surface area (TPSA) is 54.5 Å². The van der Waals surface area contributed by atoms with Gasteiger partial charge in [0.2, 0.25) is 0 Å². The van der Waals surface area contributed by atoms with E-state index in [-0.39, 0.29) is 28.6 Å². The number of nitrogens with zero attached hydrogens (tertiary/aromatic N) is 1. The zero-order valence-electron chi connectivity index (χ0n) is 15.1. The molecule has 2 aromatic rings. The fourth-order valence-corrected chi connectivity index (χ4v) is 4.30. The number of carbonyl (C=O) groups excluding carboxylic acids is 1. The molecule has 0 radical (unpaired) electrons. The summed E-state index contributed by atoms with van der Waals surface area (Å²) < 4.78 is 25.1. The molecule has 25 heavy (non-hydrogen) atoms. The summed E-state index contributed by atoms with van der Waals surface area (Å²) in [6.45, 7) is 7.90. The first kappa shape index (κ1) is 19.2. The van der Waals surface area contributed by atoms with E-state index < -0.39 is 9.84 Å². The van der Waals surface area contributed by atoms with Crippen LogP contribution in [0.1, 0.15) is 43.6 Å². The minimum atomic E-state index is -3.43. The van der Waals surface area contributed by atoms with Crippen LogP contribution in [0.4, 0.5) is 0 Å². The first-order chi connectivity index (χ1) is 11.7. The molecule has 4 nitrogen and oxygen atoms in total. The summed E-state index contributed by atoms with van der Waals surface area (Å²) in [5, 5.41) is 0. The average Bonchev–Trinajstić information content (AvgIpc) is 2.55. The highest BCUT2D eigenvalue weighted by Crippen LogP contribution is 2.19. The van der Waals surface area contributed by atoms with Crippen LogP contribution in [0.3, 0.4) is 0 Å². The largest absolute Gasteiger partial charge is 0.334 e. The molecule has 2 aromatic carbocycles. The number of benzene rings is 2. The Morgan fingerprint density at radius 3 is 2.08 bits per heavy atom. The molecule has 134 valence electrons. The summed E-state index contributed by atoms with van der Waals surface area (Å²) in [7, 11) is -3.43. The van der Waals surface area contributed by atoms with Crippen molar-refractivity contribution in [3.8, 4) is 0 Å². The number of carbonyl (C=O) groups is 1. The van der Waals surface area contributed by atoms with E-state index in [4.69, 9.17) is 0 Å². The van der Waals surface area contributed by atoms with Gasteiger partial charge < -0.3 is 4.90 Å². The Kier molecular flexibility index (Phi) is 6.01. The zero-order chi connectivity index (χ0) is 18.6. The molecular weight excluding hydrogens is 334 g/mol. The quantitative estimate of drug-likeness (QED) is 0.785. The number of amides is 1. The van der Waals surface area contributed by atoms with Gasteiger partial charge in [0.1, 0.15) is 0 Å². The summed E-state index contributed by atoms with van der Waals surface area (Å²) in [6, 6.07) is 15.4. The lowest BCUT2D eigenvalue weighted by Gasteiger charge is -2.31. The Morgan fingerprint density at radius 1 is 0.920 bits per heavy atom. The Bertz CT molecular complexity index is 819. The first-order valence-electron chi connectivity index (χ1n) is 8.42. The molecule has 0 atom stereocenters. The molecule has 2 rings (SSSR count). The van der Waals surface area contributed by atoms with Crippen LogP contribution < -0.4 is 0 Å². The molecule has 1 amide bonds. The van der Waals surface area contributed by atoms with Crippen molar-refractivity contribution in [2.24, 2.45) is 0 Å². The fraction of sp³-hybridized carbons (Fsp3) is 0.350. The molecule has 0 fully saturated rings. The van der Waals surface area contributed by atoms with Gasteiger partial charge in [0.05, 0.1) is 10.6 Å². The lowest BCUT2D eigenvalue weighted by molar-refractivity contribution is 0.0643. The van der Waals surface area contributed by atoms with Crippen molar-refractivity contribution in [3.05, 3.63) is 65.7 Å². The maximum atomic E-state index is 12.8. The number of hydrogen-bond acceptors (Lipinski definition) is 3. The molecule has 0 aliphatic carbocycles. The Balaban J connectivity index is 2.29. The van der Waals surface area contributed by atoms with E-state index in [1.807, 2.05) is 27.7 Å². The van der Waals surface area contributed by atoms with E-state index in [1.54, 1.807) is 59.5 Å². The normalized spacial score (nSPS) is 11.8. The van der Waals surface area contributed by atoms with Gasteiger partial charge in [0.15, 0.2) is 9.84 Å². The molecule has 0 aliphatic rings. The third-order valence-electron chi connectivity index (χ3n) is 3.98. The maximum absolute atomic E-state index is 12.8. The molecular formula is C20H25NO3S. The summed E-state index contributed by atoms with van der Waals surface area (Å²) >= 11 is 0. The first-order valence-corrected chi connectivity index (χ1v) is 10.1. The van der Waals surface area contributed by atoms with E-state index >= 15 is 0 Å². The number of sulfone groups is 1. The van der Waals surface area contributed by atoms with Crippen molar-refractivity contribution >= 4 is 15.7 Å². The van der Waals surface area contributed by atoms with E-state index in [9.17, 15) is 13.2 Å². The van der Waals surface area contributed by atoms with Gasteiger partial charge in [-0.05, 0) is 57.5 Å². The van der Waals surface area contributed by atoms with Crippen molar-refractivity contribution in [1.29, 1.82) is 0 Å². The summed E-state index contributed by atoms with van der Waals surface area (Å²) in [4.78, 5) is 14.9. The monoisotopic (exact) mass is 359 g/mol. The van der Waals surface area contributed by atoms with E-state index in [2.05, 4.69) is 0 Å². The minimum Gasteiger partial charge on any atom is -0.334 e. The standard InChI is InChI=1S/C20H25NO3S/c1-15(2)21(16(3)4)20(22)18-10-8-9-17(13-18)14-25(23,24)19-11-6-5-7-12-19/h5-13,15-16H,14H2,1-4H3. The van der Waals surface area contributed by atoms with E-state index in [0.717, 1.165) is 0 Å².